The molecule has 3 N–H and O–H groups in total. The van der Waals surface area contributed by atoms with Crippen LogP contribution < -0.4 is 25.2 Å². The predicted molar refractivity (Wildman–Crippen MR) is 260 cm³/mol. The molecule has 6 fully saturated rings. The summed E-state index contributed by atoms with van der Waals surface area (Å²) in [6, 6.07) is 13.7. The number of ether oxygens (including phenoxy) is 1. The van der Waals surface area contributed by atoms with Gasteiger partial charge in [0.2, 0.25) is 11.8 Å². The predicted octanol–water partition coefficient (Wildman–Crippen LogP) is 4.71. The van der Waals surface area contributed by atoms with Crippen LogP contribution in [0.15, 0.2) is 54.7 Å². The van der Waals surface area contributed by atoms with Gasteiger partial charge in [0.1, 0.15) is 28.8 Å². The quantitative estimate of drug-likeness (QED) is 0.123. The number of piperidine rings is 2. The Hall–Kier alpha value is -6.74. The number of fused-ring (bicyclic) bond motifs is 5. The highest BCUT2D eigenvalue weighted by atomic mass is 19.1. The number of nitrogens with zero attached hydrogens (tertiary/aromatic N) is 8. The Bertz CT molecular complexity index is 3020. The largest absolute Gasteiger partial charge is 0.508 e. The van der Waals surface area contributed by atoms with Crippen molar-refractivity contribution < 1.29 is 33.4 Å². The number of likely N-dealkylation sites (tertiary alicyclic amines) is 1. The third kappa shape index (κ3) is 8.15. The average Bonchev–Trinajstić information content (AvgIpc) is 3.99. The maximum Gasteiger partial charge on any atom is 0.319 e. The smallest absolute Gasteiger partial charge is 0.319 e. The number of carbonyl (C=O) groups is 4. The lowest BCUT2D eigenvalue weighted by atomic mass is 9.94. The van der Waals surface area contributed by atoms with Crippen molar-refractivity contribution >= 4 is 56.8 Å². The van der Waals surface area contributed by atoms with E-state index < -0.39 is 35.5 Å². The van der Waals surface area contributed by atoms with Crippen molar-refractivity contribution in [2.45, 2.75) is 69.5 Å². The average molecular weight is 947 g/mol. The van der Waals surface area contributed by atoms with Crippen LogP contribution in [0.1, 0.15) is 77.6 Å². The summed E-state index contributed by atoms with van der Waals surface area (Å²) in [6.07, 6.45) is 14.2. The molecule has 7 aliphatic rings. The van der Waals surface area contributed by atoms with Gasteiger partial charge in [0, 0.05) is 105 Å². The number of halogens is 1. The fourth-order valence-corrected chi connectivity index (χ4v) is 12.0. The third-order valence-corrected chi connectivity index (χ3v) is 15.9. The van der Waals surface area contributed by atoms with Gasteiger partial charge in [0.05, 0.1) is 23.1 Å². The second kappa shape index (κ2) is 17.6. The van der Waals surface area contributed by atoms with Crippen molar-refractivity contribution in [1.29, 1.82) is 0 Å². The number of anilines is 2. The molecule has 5 saturated heterocycles. The van der Waals surface area contributed by atoms with E-state index in [1.807, 2.05) is 18.2 Å². The number of aromatic hydroxyl groups is 1. The number of benzene rings is 3. The molecule has 6 aliphatic heterocycles. The zero-order valence-corrected chi connectivity index (χ0v) is 39.0. The van der Waals surface area contributed by atoms with E-state index >= 15 is 4.39 Å². The van der Waals surface area contributed by atoms with Crippen LogP contribution in [0.2, 0.25) is 0 Å². The summed E-state index contributed by atoms with van der Waals surface area (Å²) in [4.78, 5) is 75.9. The van der Waals surface area contributed by atoms with E-state index in [1.165, 1.54) is 6.07 Å². The summed E-state index contributed by atoms with van der Waals surface area (Å²) in [7, 11) is 0. The Kier molecular flexibility index (Phi) is 11.2. The number of phenols is 1. The van der Waals surface area contributed by atoms with Gasteiger partial charge in [-0.3, -0.25) is 39.3 Å². The minimum absolute atomic E-state index is 0.0190. The summed E-state index contributed by atoms with van der Waals surface area (Å²) in [5.41, 5.74) is 2.59. The molecule has 17 heteroatoms. The molecular formula is C53H55FN10O6. The second-order valence-electron chi connectivity index (χ2n) is 20.6. The fourth-order valence-electron chi connectivity index (χ4n) is 12.0. The maximum atomic E-state index is 17.1. The summed E-state index contributed by atoms with van der Waals surface area (Å²) >= 11 is 0. The van der Waals surface area contributed by atoms with Gasteiger partial charge in [-0.2, -0.15) is 9.97 Å². The van der Waals surface area contributed by atoms with Crippen LogP contribution in [0.25, 0.3) is 32.9 Å². The number of piperazine rings is 2. The molecule has 360 valence electrons. The van der Waals surface area contributed by atoms with E-state index in [0.717, 1.165) is 115 Å². The molecule has 2 bridgehead atoms. The van der Waals surface area contributed by atoms with Crippen LogP contribution in [-0.4, -0.2) is 149 Å². The number of pyridine rings is 1. The number of imide groups is 2. The standard InChI is InChI=1S/C53H55FN10O6/c1-2-32-4-3-5-33-22-37(65)24-40(44(32)33)46-45(54)47-41(25-55-46)48(63-27-34-6-7-35(28-63)56-34)59-52(58-47)70-30-53(14-15-53)29-61-16-12-31(13-17-61)26-60-18-20-62(21-19-60)36-8-9-38-39(23-36)51(69)64(50(38)68)42-10-11-43(66)57-49(42)67/h1,3-5,8-9,22-25,31,34-35,42,56,65H,6-7,10-21,26-30H2,(H,57,66,67). The molecule has 3 aromatic carbocycles. The molecule has 1 aliphatic carbocycles. The second-order valence-corrected chi connectivity index (χ2v) is 20.6. The topological polar surface area (TPSA) is 177 Å². The van der Waals surface area contributed by atoms with Crippen molar-refractivity contribution in [1.82, 2.24) is 40.3 Å². The fraction of sp³-hybridized carbons (Fsp3) is 0.453. The van der Waals surface area contributed by atoms with Crippen LogP contribution in [-0.2, 0) is 9.59 Å². The zero-order chi connectivity index (χ0) is 47.8. The normalized spacial score (nSPS) is 23.8. The van der Waals surface area contributed by atoms with Crippen LogP contribution in [0.4, 0.5) is 15.9 Å². The minimum atomic E-state index is -0.983. The highest BCUT2D eigenvalue weighted by Crippen LogP contribution is 2.47. The van der Waals surface area contributed by atoms with E-state index in [1.54, 1.807) is 30.5 Å². The Morgan fingerprint density at radius 2 is 1.61 bits per heavy atom. The minimum Gasteiger partial charge on any atom is -0.508 e. The lowest BCUT2D eigenvalue weighted by Gasteiger charge is -2.40. The van der Waals surface area contributed by atoms with Gasteiger partial charge in [-0.1, -0.05) is 18.1 Å². The first kappa shape index (κ1) is 44.5. The van der Waals surface area contributed by atoms with Crippen LogP contribution in [0.3, 0.4) is 0 Å². The first-order valence-electron chi connectivity index (χ1n) is 24.8. The van der Waals surface area contributed by atoms with Gasteiger partial charge >= 0.3 is 6.01 Å². The van der Waals surface area contributed by atoms with Crippen LogP contribution >= 0.6 is 0 Å². The van der Waals surface area contributed by atoms with E-state index in [-0.39, 0.29) is 41.2 Å². The van der Waals surface area contributed by atoms with Crippen LogP contribution in [0, 0.1) is 29.5 Å². The molecule has 70 heavy (non-hydrogen) atoms. The molecule has 12 rings (SSSR count). The van der Waals surface area contributed by atoms with Crippen molar-refractivity contribution in [3.63, 3.8) is 0 Å². The number of rotatable bonds is 11. The number of hydrogen-bond donors (Lipinski definition) is 3. The molecule has 5 aromatic rings. The van der Waals surface area contributed by atoms with Crippen molar-refractivity contribution in [3.05, 3.63) is 77.2 Å². The SMILES string of the molecule is C#Cc1cccc2cc(O)cc(-c3ncc4c(N5CC6CCC(C5)N6)nc(OCC5(CN6CCC(CN7CCN(c8ccc9c(c8)C(=O)N(C8CCC(=O)NC8=O)C9=O)CC7)CC6)CC5)nc4c3F)c12. The Morgan fingerprint density at radius 3 is 2.36 bits per heavy atom. The van der Waals surface area contributed by atoms with Crippen LogP contribution in [0.5, 0.6) is 11.8 Å². The van der Waals surface area contributed by atoms with E-state index in [4.69, 9.17) is 21.1 Å². The summed E-state index contributed by atoms with van der Waals surface area (Å²) in [6.45, 7) is 9.27. The summed E-state index contributed by atoms with van der Waals surface area (Å²) in [5, 5.41) is 18.5. The number of carbonyl (C=O) groups excluding carboxylic acids is 4. The highest BCUT2D eigenvalue weighted by Gasteiger charge is 2.47. The third-order valence-electron chi connectivity index (χ3n) is 15.9. The van der Waals surface area contributed by atoms with Crippen molar-refractivity contribution in [3.8, 4) is 35.4 Å². The Morgan fingerprint density at radius 1 is 0.843 bits per heavy atom. The lowest BCUT2D eigenvalue weighted by molar-refractivity contribution is -0.136. The van der Waals surface area contributed by atoms with Gasteiger partial charge in [-0.15, -0.1) is 6.42 Å². The molecule has 8 heterocycles. The monoisotopic (exact) mass is 946 g/mol. The van der Waals surface area contributed by atoms with E-state index in [9.17, 15) is 24.3 Å². The van der Waals surface area contributed by atoms with Gasteiger partial charge < -0.3 is 29.9 Å². The highest BCUT2D eigenvalue weighted by molar-refractivity contribution is 6.23. The van der Waals surface area contributed by atoms with E-state index in [2.05, 4.69) is 41.1 Å². The van der Waals surface area contributed by atoms with Gasteiger partial charge in [-0.05, 0) is 106 Å². The molecule has 2 aromatic heterocycles. The summed E-state index contributed by atoms with van der Waals surface area (Å²) < 4.78 is 23.7. The molecule has 3 unspecified atom stereocenters. The van der Waals surface area contributed by atoms with Crippen molar-refractivity contribution in [2.75, 3.05) is 81.9 Å². The zero-order valence-electron chi connectivity index (χ0n) is 39.0. The Balaban J connectivity index is 0.681. The summed E-state index contributed by atoms with van der Waals surface area (Å²) in [5.74, 6) is 1.29. The maximum absolute atomic E-state index is 17.1. The number of aromatic nitrogens is 3. The molecule has 3 atom stereocenters. The number of amides is 4. The molecule has 4 amide bonds. The van der Waals surface area contributed by atoms with Gasteiger partial charge in [0.15, 0.2) is 5.82 Å². The first-order valence-corrected chi connectivity index (χ1v) is 24.8. The first-order chi connectivity index (χ1) is 34.0. The van der Waals surface area contributed by atoms with Gasteiger partial charge in [-0.25, -0.2) is 4.39 Å². The molecule has 1 saturated carbocycles. The number of hydrogen-bond acceptors (Lipinski definition) is 14. The number of nitrogens with one attached hydrogen (secondary N) is 2. The Labute approximate surface area is 404 Å². The van der Waals surface area contributed by atoms with Gasteiger partial charge in [0.25, 0.3) is 11.8 Å². The number of phenolic OH excluding ortho intramolecular Hbond substituents is 1. The number of terminal acetylenes is 1. The van der Waals surface area contributed by atoms with E-state index in [0.29, 0.717) is 68.8 Å². The van der Waals surface area contributed by atoms with Crippen molar-refractivity contribution in [2.24, 2.45) is 11.3 Å². The molecule has 0 radical (unpaired) electrons. The lowest BCUT2D eigenvalue weighted by Crippen LogP contribution is -2.54. The molecule has 16 nitrogen and oxygen atoms in total. The molecular weight excluding hydrogens is 892 g/mol. The molecule has 0 spiro atoms.